The molecule has 1 aromatic rings. The fourth-order valence-corrected chi connectivity index (χ4v) is 2.36. The minimum Gasteiger partial charge on any atom is -0.296 e. The minimum absolute atomic E-state index is 0.219. The Kier molecular flexibility index (Phi) is 3.17. The number of carbonyl (C=O) groups excluding carboxylic acids is 2. The van der Waals surface area contributed by atoms with Gasteiger partial charge in [-0.2, -0.15) is 0 Å². The van der Waals surface area contributed by atoms with Gasteiger partial charge in [-0.15, -0.1) is 0 Å². The molecule has 1 N–H and O–H groups in total. The smallest absolute Gasteiger partial charge is 0.230 e. The second kappa shape index (κ2) is 4.44. The molecule has 0 bridgehead atoms. The molecule has 1 saturated heterocycles. The number of nitrogens with one attached hydrogen (secondary N) is 1. The van der Waals surface area contributed by atoms with Crippen molar-refractivity contribution in [1.82, 2.24) is 5.32 Å². The lowest BCUT2D eigenvalue weighted by molar-refractivity contribution is -0.125. The average Bonchev–Trinajstić information content (AvgIpc) is 2.43. The molecule has 1 aliphatic rings. The Bertz CT molecular complexity index is 439. The first-order valence-electron chi connectivity index (χ1n) is 4.83. The molecule has 1 aliphatic heterocycles. The van der Waals surface area contributed by atoms with Crippen LogP contribution in [0.2, 0.25) is 10.0 Å². The molecule has 2 amide bonds. The summed E-state index contributed by atoms with van der Waals surface area (Å²) in [4.78, 5) is 22.4. The van der Waals surface area contributed by atoms with E-state index in [1.165, 1.54) is 0 Å². The van der Waals surface area contributed by atoms with Gasteiger partial charge in [-0.3, -0.25) is 14.9 Å². The maximum Gasteiger partial charge on any atom is 0.230 e. The Hall–Kier alpha value is -1.06. The van der Waals surface area contributed by atoms with E-state index in [4.69, 9.17) is 23.2 Å². The molecule has 0 aromatic heterocycles. The molecule has 0 radical (unpaired) electrons. The summed E-state index contributed by atoms with van der Waals surface area (Å²) in [6.45, 7) is 0. The van der Waals surface area contributed by atoms with Gasteiger partial charge in [0.1, 0.15) is 0 Å². The lowest BCUT2D eigenvalue weighted by Crippen LogP contribution is -2.22. The number of hydrogen-bond acceptors (Lipinski definition) is 2. The normalized spacial score (nSPS) is 20.0. The molecule has 1 fully saturated rings. The molecule has 1 heterocycles. The first-order valence-corrected chi connectivity index (χ1v) is 5.59. The quantitative estimate of drug-likeness (QED) is 0.826. The molecule has 0 saturated carbocycles. The van der Waals surface area contributed by atoms with Crippen LogP contribution in [0.15, 0.2) is 18.2 Å². The second-order valence-electron chi connectivity index (χ2n) is 3.80. The topological polar surface area (TPSA) is 46.2 Å². The third-order valence-electron chi connectivity index (χ3n) is 2.47. The first kappa shape index (κ1) is 11.4. The van der Waals surface area contributed by atoms with Crippen molar-refractivity contribution in [2.45, 2.75) is 12.8 Å². The van der Waals surface area contributed by atoms with Crippen molar-refractivity contribution in [3.8, 4) is 0 Å². The Labute approximate surface area is 103 Å². The van der Waals surface area contributed by atoms with Crippen LogP contribution in [-0.4, -0.2) is 11.8 Å². The highest BCUT2D eigenvalue weighted by molar-refractivity contribution is 6.34. The fraction of sp³-hybridized carbons (Fsp3) is 0.273. The van der Waals surface area contributed by atoms with Crippen molar-refractivity contribution in [1.29, 1.82) is 0 Å². The zero-order valence-corrected chi connectivity index (χ0v) is 9.81. The zero-order chi connectivity index (χ0) is 11.7. The number of imide groups is 1. The van der Waals surface area contributed by atoms with Crippen LogP contribution < -0.4 is 5.32 Å². The van der Waals surface area contributed by atoms with Crippen molar-refractivity contribution < 1.29 is 9.59 Å². The molecular weight excluding hydrogens is 249 g/mol. The SMILES string of the molecule is O=C1CC(Cc2cc(Cl)cc(Cl)c2)C(=O)N1. The second-order valence-corrected chi connectivity index (χ2v) is 4.67. The third kappa shape index (κ3) is 2.54. The summed E-state index contributed by atoms with van der Waals surface area (Å²) in [5, 5.41) is 3.34. The Morgan fingerprint density at radius 3 is 2.31 bits per heavy atom. The number of halogens is 2. The van der Waals surface area contributed by atoms with Gasteiger partial charge in [-0.05, 0) is 30.2 Å². The Morgan fingerprint density at radius 1 is 1.19 bits per heavy atom. The van der Waals surface area contributed by atoms with Gasteiger partial charge in [0.15, 0.2) is 0 Å². The van der Waals surface area contributed by atoms with Gasteiger partial charge in [-0.25, -0.2) is 0 Å². The summed E-state index contributed by atoms with van der Waals surface area (Å²) in [5.41, 5.74) is 0.868. The molecule has 2 rings (SSSR count). The number of rotatable bonds is 2. The summed E-state index contributed by atoms with van der Waals surface area (Å²) >= 11 is 11.7. The monoisotopic (exact) mass is 257 g/mol. The maximum atomic E-state index is 11.4. The van der Waals surface area contributed by atoms with Crippen LogP contribution in [0, 0.1) is 5.92 Å². The molecule has 0 aliphatic carbocycles. The molecule has 1 aromatic carbocycles. The van der Waals surface area contributed by atoms with Gasteiger partial charge in [0.25, 0.3) is 0 Å². The summed E-state index contributed by atoms with van der Waals surface area (Å²) in [6.07, 6.45) is 0.723. The van der Waals surface area contributed by atoms with E-state index in [2.05, 4.69) is 5.32 Å². The fourth-order valence-electron chi connectivity index (χ4n) is 1.79. The van der Waals surface area contributed by atoms with Gasteiger partial charge in [0.2, 0.25) is 11.8 Å². The van der Waals surface area contributed by atoms with Gasteiger partial charge in [0, 0.05) is 16.5 Å². The predicted octanol–water partition coefficient (Wildman–Crippen LogP) is 2.20. The number of benzene rings is 1. The summed E-state index contributed by atoms with van der Waals surface area (Å²) in [7, 11) is 0. The van der Waals surface area contributed by atoms with Gasteiger partial charge in [0.05, 0.1) is 5.92 Å². The van der Waals surface area contributed by atoms with E-state index in [-0.39, 0.29) is 24.2 Å². The maximum absolute atomic E-state index is 11.4. The summed E-state index contributed by atoms with van der Waals surface area (Å²) in [5.74, 6) is -0.744. The Balaban J connectivity index is 2.15. The molecule has 84 valence electrons. The van der Waals surface area contributed by atoms with E-state index in [1.54, 1.807) is 18.2 Å². The van der Waals surface area contributed by atoms with Crippen LogP contribution in [0.1, 0.15) is 12.0 Å². The van der Waals surface area contributed by atoms with E-state index in [0.717, 1.165) is 5.56 Å². The number of carbonyl (C=O) groups is 2. The van der Waals surface area contributed by atoms with Gasteiger partial charge < -0.3 is 0 Å². The number of amides is 2. The van der Waals surface area contributed by atoms with Crippen molar-refractivity contribution in [2.75, 3.05) is 0 Å². The molecule has 1 atom stereocenters. The third-order valence-corrected chi connectivity index (χ3v) is 2.91. The molecular formula is C11H9Cl2NO2. The van der Waals surface area contributed by atoms with Crippen molar-refractivity contribution in [2.24, 2.45) is 5.92 Å². The van der Waals surface area contributed by atoms with E-state index in [9.17, 15) is 9.59 Å². The van der Waals surface area contributed by atoms with E-state index < -0.39 is 0 Å². The Morgan fingerprint density at radius 2 is 1.81 bits per heavy atom. The molecule has 16 heavy (non-hydrogen) atoms. The van der Waals surface area contributed by atoms with Gasteiger partial charge >= 0.3 is 0 Å². The zero-order valence-electron chi connectivity index (χ0n) is 8.30. The minimum atomic E-state index is -0.304. The van der Waals surface area contributed by atoms with E-state index >= 15 is 0 Å². The number of hydrogen-bond donors (Lipinski definition) is 1. The van der Waals surface area contributed by atoms with Crippen LogP contribution in [0.3, 0.4) is 0 Å². The summed E-state index contributed by atoms with van der Waals surface area (Å²) in [6, 6.07) is 5.14. The van der Waals surface area contributed by atoms with Crippen LogP contribution >= 0.6 is 23.2 Å². The highest BCUT2D eigenvalue weighted by Crippen LogP contribution is 2.23. The highest BCUT2D eigenvalue weighted by atomic mass is 35.5. The molecule has 0 spiro atoms. The molecule has 3 nitrogen and oxygen atoms in total. The largest absolute Gasteiger partial charge is 0.296 e. The van der Waals surface area contributed by atoms with Crippen LogP contribution in [0.25, 0.3) is 0 Å². The average molecular weight is 258 g/mol. The van der Waals surface area contributed by atoms with E-state index in [0.29, 0.717) is 16.5 Å². The van der Waals surface area contributed by atoms with E-state index in [1.807, 2.05) is 0 Å². The van der Waals surface area contributed by atoms with Gasteiger partial charge in [-0.1, -0.05) is 23.2 Å². The van der Waals surface area contributed by atoms with Crippen LogP contribution in [0.5, 0.6) is 0 Å². The highest BCUT2D eigenvalue weighted by Gasteiger charge is 2.30. The lowest BCUT2D eigenvalue weighted by Gasteiger charge is -2.06. The predicted molar refractivity (Wildman–Crippen MR) is 61.4 cm³/mol. The first-order chi connectivity index (χ1) is 7.54. The van der Waals surface area contributed by atoms with Crippen molar-refractivity contribution >= 4 is 35.0 Å². The van der Waals surface area contributed by atoms with Crippen LogP contribution in [0.4, 0.5) is 0 Å². The lowest BCUT2D eigenvalue weighted by atomic mass is 9.98. The van der Waals surface area contributed by atoms with Crippen molar-refractivity contribution in [3.63, 3.8) is 0 Å². The van der Waals surface area contributed by atoms with Crippen LogP contribution in [-0.2, 0) is 16.0 Å². The summed E-state index contributed by atoms with van der Waals surface area (Å²) < 4.78 is 0. The standard InChI is InChI=1S/C11H9Cl2NO2/c12-8-2-6(3-9(13)5-8)1-7-4-10(15)14-11(7)16/h2-3,5,7H,1,4H2,(H,14,15,16). The molecule has 5 heteroatoms. The van der Waals surface area contributed by atoms with Crippen molar-refractivity contribution in [3.05, 3.63) is 33.8 Å². The molecule has 1 unspecified atom stereocenters.